The first-order valence-corrected chi connectivity index (χ1v) is 8.00. The molecule has 0 bridgehead atoms. The predicted octanol–water partition coefficient (Wildman–Crippen LogP) is 3.83. The molecule has 3 heteroatoms. The van der Waals surface area contributed by atoms with Gasteiger partial charge in [-0.05, 0) is 42.7 Å². The summed E-state index contributed by atoms with van der Waals surface area (Å²) in [6, 6.07) is 16.1. The van der Waals surface area contributed by atoms with Gasteiger partial charge in [0.15, 0.2) is 0 Å². The fourth-order valence-corrected chi connectivity index (χ4v) is 2.53. The van der Waals surface area contributed by atoms with Gasteiger partial charge < -0.3 is 14.9 Å². The van der Waals surface area contributed by atoms with Crippen LogP contribution in [0.4, 0.5) is 0 Å². The molecular formula is C20H26O3. The molecule has 0 amide bonds. The molecule has 2 aromatic rings. The van der Waals surface area contributed by atoms with Gasteiger partial charge in [0.25, 0.3) is 0 Å². The van der Waals surface area contributed by atoms with E-state index in [0.717, 1.165) is 11.3 Å². The van der Waals surface area contributed by atoms with E-state index in [1.165, 1.54) is 11.1 Å². The van der Waals surface area contributed by atoms with Crippen LogP contribution in [-0.2, 0) is 5.41 Å². The Morgan fingerprint density at radius 1 is 0.870 bits per heavy atom. The Labute approximate surface area is 138 Å². The lowest BCUT2D eigenvalue weighted by Gasteiger charge is -2.26. The minimum absolute atomic E-state index is 0.139. The number of aliphatic hydroxyl groups is 2. The second-order valence-electron chi connectivity index (χ2n) is 6.61. The molecule has 2 unspecified atom stereocenters. The van der Waals surface area contributed by atoms with Crippen LogP contribution in [-0.4, -0.2) is 22.9 Å². The highest BCUT2D eigenvalue weighted by Crippen LogP contribution is 2.33. The normalized spacial score (nSPS) is 14.3. The third-order valence-electron chi connectivity index (χ3n) is 4.18. The smallest absolute Gasteiger partial charge is 0.119 e. The van der Waals surface area contributed by atoms with Crippen LogP contribution in [0.15, 0.2) is 48.5 Å². The average Bonchev–Trinajstić information content (AvgIpc) is 2.53. The van der Waals surface area contributed by atoms with Crippen molar-refractivity contribution in [2.75, 3.05) is 6.61 Å². The molecule has 0 saturated carbocycles. The van der Waals surface area contributed by atoms with Crippen molar-refractivity contribution < 1.29 is 14.9 Å². The van der Waals surface area contributed by atoms with Crippen molar-refractivity contribution in [3.63, 3.8) is 0 Å². The summed E-state index contributed by atoms with van der Waals surface area (Å²) >= 11 is 0. The van der Waals surface area contributed by atoms with Crippen molar-refractivity contribution in [1.29, 1.82) is 0 Å². The Morgan fingerprint density at radius 3 is 1.78 bits per heavy atom. The number of rotatable bonds is 6. The molecule has 0 spiro atoms. The molecule has 124 valence electrons. The first kappa shape index (κ1) is 17.5. The second kappa shape index (κ2) is 7.16. The first-order valence-electron chi connectivity index (χ1n) is 8.00. The summed E-state index contributed by atoms with van der Waals surface area (Å²) in [6.07, 6.45) is -0.920. The molecule has 0 radical (unpaired) electrons. The molecule has 23 heavy (non-hydrogen) atoms. The molecule has 3 nitrogen and oxygen atoms in total. The van der Waals surface area contributed by atoms with Crippen LogP contribution in [0.5, 0.6) is 5.75 Å². The monoisotopic (exact) mass is 314 g/mol. The highest BCUT2D eigenvalue weighted by Gasteiger charge is 2.23. The third-order valence-corrected chi connectivity index (χ3v) is 4.18. The lowest BCUT2D eigenvalue weighted by Crippen LogP contribution is -2.19. The fourth-order valence-electron chi connectivity index (χ4n) is 2.53. The van der Waals surface area contributed by atoms with Crippen LogP contribution in [0.2, 0.25) is 0 Å². The molecule has 0 aliphatic carbocycles. The van der Waals surface area contributed by atoms with Gasteiger partial charge in [-0.25, -0.2) is 0 Å². The molecule has 0 fully saturated rings. The Bertz CT molecular complexity index is 610. The first-order chi connectivity index (χ1) is 10.8. The number of hydrogen-bond acceptors (Lipinski definition) is 3. The molecule has 2 N–H and O–H groups in total. The number of benzene rings is 2. The van der Waals surface area contributed by atoms with Crippen LogP contribution in [0, 0.1) is 0 Å². The van der Waals surface area contributed by atoms with Gasteiger partial charge in [-0.15, -0.1) is 0 Å². The Hall–Kier alpha value is -1.84. The van der Waals surface area contributed by atoms with Gasteiger partial charge in [0, 0.05) is 5.41 Å². The van der Waals surface area contributed by atoms with Crippen molar-refractivity contribution in [3.8, 4) is 5.75 Å². The van der Waals surface area contributed by atoms with E-state index in [9.17, 15) is 10.2 Å². The lowest BCUT2D eigenvalue weighted by atomic mass is 9.78. The number of aliphatic hydroxyl groups excluding tert-OH is 2. The topological polar surface area (TPSA) is 49.7 Å². The number of hydrogen-bond donors (Lipinski definition) is 2. The van der Waals surface area contributed by atoms with E-state index in [4.69, 9.17) is 4.74 Å². The summed E-state index contributed by atoms with van der Waals surface area (Å²) in [4.78, 5) is 0. The van der Waals surface area contributed by atoms with Gasteiger partial charge in [-0.3, -0.25) is 0 Å². The molecule has 0 aromatic heterocycles. The van der Waals surface area contributed by atoms with Crippen LogP contribution >= 0.6 is 0 Å². The Kier molecular flexibility index (Phi) is 5.45. The van der Waals surface area contributed by atoms with E-state index in [0.29, 0.717) is 6.61 Å². The van der Waals surface area contributed by atoms with Crippen molar-refractivity contribution in [1.82, 2.24) is 0 Å². The van der Waals surface area contributed by atoms with Crippen LogP contribution in [0.25, 0.3) is 0 Å². The predicted molar refractivity (Wildman–Crippen MR) is 92.8 cm³/mol. The van der Waals surface area contributed by atoms with Gasteiger partial charge in [-0.1, -0.05) is 50.2 Å². The Morgan fingerprint density at radius 2 is 1.35 bits per heavy atom. The molecule has 2 aromatic carbocycles. The largest absolute Gasteiger partial charge is 0.491 e. The second-order valence-corrected chi connectivity index (χ2v) is 6.61. The minimum Gasteiger partial charge on any atom is -0.491 e. The highest BCUT2D eigenvalue weighted by molar-refractivity contribution is 5.41. The molecule has 0 saturated heterocycles. The summed E-state index contributed by atoms with van der Waals surface area (Å²) in [5, 5.41) is 18.9. The summed E-state index contributed by atoms with van der Waals surface area (Å²) in [5.74, 6) is 0.759. The lowest BCUT2D eigenvalue weighted by molar-refractivity contribution is 0.122. The highest BCUT2D eigenvalue weighted by atomic mass is 16.5. The minimum atomic E-state index is -0.474. The van der Waals surface area contributed by atoms with Crippen molar-refractivity contribution in [2.45, 2.75) is 45.3 Å². The van der Waals surface area contributed by atoms with Gasteiger partial charge in [0.1, 0.15) is 12.4 Å². The van der Waals surface area contributed by atoms with Crippen molar-refractivity contribution in [3.05, 3.63) is 65.2 Å². The van der Waals surface area contributed by atoms with Crippen molar-refractivity contribution in [2.24, 2.45) is 0 Å². The van der Waals surface area contributed by atoms with Gasteiger partial charge in [0.2, 0.25) is 0 Å². The summed E-state index contributed by atoms with van der Waals surface area (Å²) < 4.78 is 5.51. The zero-order chi connectivity index (χ0) is 17.0. The fraction of sp³-hybridized carbons (Fsp3) is 0.400. The van der Waals surface area contributed by atoms with Crippen LogP contribution in [0.1, 0.15) is 50.5 Å². The van der Waals surface area contributed by atoms with E-state index in [2.05, 4.69) is 38.1 Å². The van der Waals surface area contributed by atoms with E-state index >= 15 is 0 Å². The zero-order valence-electron chi connectivity index (χ0n) is 14.3. The zero-order valence-corrected chi connectivity index (χ0v) is 14.3. The maximum atomic E-state index is 9.62. The molecule has 0 aliphatic heterocycles. The van der Waals surface area contributed by atoms with Gasteiger partial charge in [0.05, 0.1) is 12.2 Å². The maximum Gasteiger partial charge on any atom is 0.119 e. The van der Waals surface area contributed by atoms with Gasteiger partial charge in [-0.2, -0.15) is 0 Å². The molecule has 0 aliphatic rings. The summed E-state index contributed by atoms with van der Waals surface area (Å²) in [7, 11) is 0. The summed E-state index contributed by atoms with van der Waals surface area (Å²) in [6.45, 7) is 8.12. The molecular weight excluding hydrogens is 288 g/mol. The number of ether oxygens (including phenoxy) is 1. The molecule has 2 atom stereocenters. The Balaban J connectivity index is 2.18. The van der Waals surface area contributed by atoms with E-state index < -0.39 is 12.2 Å². The average molecular weight is 314 g/mol. The van der Waals surface area contributed by atoms with Crippen LogP contribution < -0.4 is 4.74 Å². The standard InChI is InChI=1S/C20H26O3/c1-14(21)13-23-19-11-9-18(10-12-19)20(3,4)17-7-5-16(6-8-17)15(2)22/h5-12,14-15,21-22H,13H2,1-4H3. The van der Waals surface area contributed by atoms with E-state index in [1.54, 1.807) is 13.8 Å². The quantitative estimate of drug-likeness (QED) is 0.852. The molecule has 0 heterocycles. The SMILES string of the molecule is CC(O)COc1ccc(C(C)(C)c2ccc(C(C)O)cc2)cc1. The van der Waals surface area contributed by atoms with Crippen molar-refractivity contribution >= 4 is 0 Å². The maximum absolute atomic E-state index is 9.62. The third kappa shape index (κ3) is 4.34. The van der Waals surface area contributed by atoms with Crippen LogP contribution in [0.3, 0.4) is 0 Å². The van der Waals surface area contributed by atoms with E-state index in [1.807, 2.05) is 24.3 Å². The van der Waals surface area contributed by atoms with E-state index in [-0.39, 0.29) is 5.41 Å². The molecule has 2 rings (SSSR count). The van der Waals surface area contributed by atoms with Gasteiger partial charge >= 0.3 is 0 Å². The summed E-state index contributed by atoms with van der Waals surface area (Å²) in [5.41, 5.74) is 3.16.